The molecule has 1 aliphatic heterocycles. The number of alkyl halides is 9. The number of rotatable bonds is 6. The topological polar surface area (TPSA) is 68.5 Å². The van der Waals surface area contributed by atoms with Crippen LogP contribution in [0.5, 0.6) is 0 Å². The van der Waals surface area contributed by atoms with Gasteiger partial charge in [0.25, 0.3) is 0 Å². The normalized spacial score (nSPS) is 35.5. The Labute approximate surface area is 185 Å². The molecule has 3 fully saturated rings. The summed E-state index contributed by atoms with van der Waals surface area (Å²) in [6.45, 7) is 1.94. The summed E-state index contributed by atoms with van der Waals surface area (Å²) in [7, 11) is 0. The van der Waals surface area contributed by atoms with Crippen molar-refractivity contribution < 1.29 is 41.0 Å². The fourth-order valence-corrected chi connectivity index (χ4v) is 12.9. The summed E-state index contributed by atoms with van der Waals surface area (Å²) in [6, 6.07) is 0. The van der Waals surface area contributed by atoms with E-state index in [4.69, 9.17) is 4.74 Å². The van der Waals surface area contributed by atoms with Gasteiger partial charge in [-0.25, -0.2) is 0 Å². The summed E-state index contributed by atoms with van der Waals surface area (Å²) in [5, 5.41) is 9.46. The Morgan fingerprint density at radius 1 is 1.10 bits per heavy atom. The second kappa shape index (κ2) is 7.78. The van der Waals surface area contributed by atoms with E-state index in [1.54, 1.807) is 6.92 Å². The average molecular weight is 657 g/mol. The number of fused-ring (bicyclic) bond motifs is 2. The Hall–Kier alpha value is 0.430. The van der Waals surface area contributed by atoms with E-state index in [1.807, 2.05) is 0 Å². The van der Waals surface area contributed by atoms with Crippen LogP contribution in [0.15, 0.2) is 0 Å². The number of carbonyl (C=O) groups excluding carboxylic acids is 1. The van der Waals surface area contributed by atoms with Crippen molar-refractivity contribution >= 4 is 48.7 Å². The Kier molecular flexibility index (Phi) is 6.46. The minimum absolute atomic E-state index is 0.0549. The molecule has 2 N–H and O–H groups in total. The number of hydrogen-bond donors (Lipinski definition) is 2. The van der Waals surface area contributed by atoms with E-state index in [-0.39, 0.29) is 40.8 Å². The van der Waals surface area contributed by atoms with Gasteiger partial charge in [-0.2, -0.15) is 26.3 Å². The molecule has 29 heavy (non-hydrogen) atoms. The second-order valence-electron chi connectivity index (χ2n) is 8.47. The molecule has 0 aromatic heterocycles. The molecule has 4 nitrogen and oxygen atoms in total. The Balaban J connectivity index is 1.55. The van der Waals surface area contributed by atoms with Gasteiger partial charge in [0.05, 0.1) is 0 Å². The molecular formula is C17H23F6I2NO3. The van der Waals surface area contributed by atoms with Crippen molar-refractivity contribution in [2.45, 2.75) is 58.0 Å². The molecule has 2 saturated carbocycles. The van der Waals surface area contributed by atoms with Crippen LogP contribution in [0.1, 0.15) is 32.6 Å². The third-order valence-corrected chi connectivity index (χ3v) is 13.1. The van der Waals surface area contributed by atoms with E-state index in [1.165, 1.54) is 0 Å². The first-order valence-electron chi connectivity index (χ1n) is 9.14. The van der Waals surface area contributed by atoms with Gasteiger partial charge in [0.15, 0.2) is 0 Å². The molecule has 0 amide bonds. The minimum atomic E-state index is -5.77. The monoisotopic (exact) mass is 657 g/mol. The van der Waals surface area contributed by atoms with Crippen LogP contribution in [-0.4, -0.2) is 48.0 Å². The molecule has 170 valence electrons. The van der Waals surface area contributed by atoms with Crippen molar-refractivity contribution in [3.05, 3.63) is 0 Å². The molecule has 2 bridgehead atoms. The summed E-state index contributed by atoms with van der Waals surface area (Å²) in [5.74, 6) is -1.65. The molecule has 5 unspecified atom stereocenters. The third-order valence-electron chi connectivity index (χ3n) is 6.49. The standard InChI is InChI=1S/C17H23F6I2NO3/c1-14(24,12-25(2)26-12)13(27)29-7-11-5-8-3-9(11)4-10(8)6-15(28,16(18,19)20)17(21,22)23/h8-12,26,28H,3-7H2,1-2H3/t8?,9?,10?,11?,12-,14?/m1/s1. The van der Waals surface area contributed by atoms with Gasteiger partial charge in [-0.1, -0.05) is 0 Å². The summed E-state index contributed by atoms with van der Waals surface area (Å²) in [6.07, 6.45) is -11.8. The SMILES string of the molecule is CI1N[C@@H]1C(C)(I)C(=O)OCC1CC2CC1CC2CC(O)(C(F)(F)F)C(F)(F)F. The smallest absolute Gasteiger partial charge is 0.167 e. The number of hydrogen-bond acceptors (Lipinski definition) is 4. The van der Waals surface area contributed by atoms with Gasteiger partial charge in [0.1, 0.15) is 0 Å². The van der Waals surface area contributed by atoms with Crippen molar-refractivity contribution in [2.24, 2.45) is 23.7 Å². The van der Waals surface area contributed by atoms with Crippen LogP contribution < -0.4 is 3.53 Å². The summed E-state index contributed by atoms with van der Waals surface area (Å²) < 4.78 is 86.1. The predicted molar refractivity (Wildman–Crippen MR) is 110 cm³/mol. The van der Waals surface area contributed by atoms with Gasteiger partial charge in [-0.05, 0) is 0 Å². The number of ether oxygens (including phenoxy) is 1. The Morgan fingerprint density at radius 3 is 2.00 bits per heavy atom. The number of esters is 1. The maximum absolute atomic E-state index is 13.0. The fourth-order valence-electron chi connectivity index (χ4n) is 4.70. The first-order valence-corrected chi connectivity index (χ1v) is 14.7. The van der Waals surface area contributed by atoms with E-state index < -0.39 is 53.8 Å². The molecule has 12 heteroatoms. The fraction of sp³-hybridized carbons (Fsp3) is 0.941. The minimum Gasteiger partial charge on any atom is -0.167 e. The molecule has 0 radical (unpaired) electrons. The van der Waals surface area contributed by atoms with E-state index in [9.17, 15) is 36.2 Å². The zero-order valence-electron chi connectivity index (χ0n) is 15.7. The molecule has 1 saturated heterocycles. The van der Waals surface area contributed by atoms with Crippen LogP contribution in [-0.2, 0) is 9.53 Å². The van der Waals surface area contributed by atoms with E-state index in [0.717, 1.165) is 0 Å². The van der Waals surface area contributed by atoms with Gasteiger partial charge in [-0.3, -0.25) is 0 Å². The van der Waals surface area contributed by atoms with E-state index >= 15 is 0 Å². The molecule has 3 aliphatic rings. The molecular weight excluding hydrogens is 634 g/mol. The summed E-state index contributed by atoms with van der Waals surface area (Å²) in [5.41, 5.74) is -4.68. The predicted octanol–water partition coefficient (Wildman–Crippen LogP) is 4.61. The second-order valence-corrected chi connectivity index (χ2v) is 15.5. The average Bonchev–Trinajstić information content (AvgIpc) is 3.02. The van der Waals surface area contributed by atoms with Crippen molar-refractivity contribution in [3.8, 4) is 0 Å². The van der Waals surface area contributed by atoms with Crippen LogP contribution in [0.25, 0.3) is 0 Å². The number of aliphatic hydroxyl groups is 1. The van der Waals surface area contributed by atoms with Crippen molar-refractivity contribution in [1.82, 2.24) is 3.53 Å². The number of carbonyl (C=O) groups is 1. The van der Waals surface area contributed by atoms with Gasteiger partial charge in [0.2, 0.25) is 0 Å². The third kappa shape index (κ3) is 4.50. The van der Waals surface area contributed by atoms with Crippen LogP contribution >= 0.6 is 42.7 Å². The summed E-state index contributed by atoms with van der Waals surface area (Å²) in [4.78, 5) is 14.5. The molecule has 0 spiro atoms. The van der Waals surface area contributed by atoms with Crippen molar-refractivity contribution in [3.63, 3.8) is 0 Å². The van der Waals surface area contributed by atoms with Crippen LogP contribution in [0.2, 0.25) is 0 Å². The van der Waals surface area contributed by atoms with Crippen LogP contribution in [0, 0.1) is 23.7 Å². The van der Waals surface area contributed by atoms with Gasteiger partial charge < -0.3 is 0 Å². The molecule has 3 rings (SSSR count). The Bertz CT molecular complexity index is 642. The zero-order valence-corrected chi connectivity index (χ0v) is 20.0. The zero-order chi connectivity index (χ0) is 22.0. The maximum atomic E-state index is 13.0. The first kappa shape index (κ1) is 24.1. The molecule has 6 atom stereocenters. The van der Waals surface area contributed by atoms with E-state index in [2.05, 4.69) is 31.1 Å². The van der Waals surface area contributed by atoms with E-state index in [0.29, 0.717) is 12.8 Å². The van der Waals surface area contributed by atoms with Crippen molar-refractivity contribution in [2.75, 3.05) is 11.5 Å². The molecule has 1 heterocycles. The van der Waals surface area contributed by atoms with Crippen molar-refractivity contribution in [1.29, 1.82) is 0 Å². The van der Waals surface area contributed by atoms with Crippen LogP contribution in [0.3, 0.4) is 0 Å². The molecule has 2 aliphatic carbocycles. The number of halogens is 8. The quantitative estimate of drug-likeness (QED) is 0.0834. The van der Waals surface area contributed by atoms with Gasteiger partial charge in [-0.15, -0.1) is 0 Å². The Morgan fingerprint density at radius 2 is 1.59 bits per heavy atom. The molecule has 0 aromatic carbocycles. The number of nitrogens with one attached hydrogen (secondary N) is 1. The summed E-state index contributed by atoms with van der Waals surface area (Å²) >= 11 is 0.837. The van der Waals surface area contributed by atoms with Gasteiger partial charge >= 0.3 is 160 Å². The van der Waals surface area contributed by atoms with Gasteiger partial charge in [0, 0.05) is 0 Å². The molecule has 0 aromatic rings. The van der Waals surface area contributed by atoms with Crippen LogP contribution in [0.4, 0.5) is 26.3 Å². The first-order chi connectivity index (χ1) is 13.1.